The van der Waals surface area contributed by atoms with Gasteiger partial charge in [0, 0.05) is 12.1 Å². The molecule has 1 heterocycles. The highest BCUT2D eigenvalue weighted by molar-refractivity contribution is 5.94. The summed E-state index contributed by atoms with van der Waals surface area (Å²) < 4.78 is 51.8. The van der Waals surface area contributed by atoms with Crippen LogP contribution in [0.1, 0.15) is 55.1 Å². The van der Waals surface area contributed by atoms with Crippen molar-refractivity contribution in [3.05, 3.63) is 34.9 Å². The van der Waals surface area contributed by atoms with Crippen LogP contribution in [0.5, 0.6) is 0 Å². The molecule has 0 aliphatic carbocycles. The van der Waals surface area contributed by atoms with E-state index in [4.69, 9.17) is 4.84 Å². The lowest BCUT2D eigenvalue weighted by atomic mass is 9.96. The highest BCUT2D eigenvalue weighted by Gasteiger charge is 2.32. The van der Waals surface area contributed by atoms with Gasteiger partial charge in [0.1, 0.15) is 6.67 Å². The standard InChI is InChI=1S/C21H29F4N3O3/c1-20(2,3)31-27-18(29)13-28-6-4-14(5-7-28)12-26-19(30)16-8-15(11-22)9-17(10-16)21(23,24)25/h8-10,14H,4-7,11-13H2,1-3H3,(H,26,30)(H,27,29). The summed E-state index contributed by atoms with van der Waals surface area (Å²) in [6, 6.07) is 2.57. The number of nitrogens with zero attached hydrogens (tertiary/aromatic N) is 1. The van der Waals surface area contributed by atoms with Crippen LogP contribution in [0.3, 0.4) is 0 Å². The van der Waals surface area contributed by atoms with Crippen LogP contribution in [0.25, 0.3) is 0 Å². The van der Waals surface area contributed by atoms with E-state index in [0.717, 1.165) is 25.0 Å². The van der Waals surface area contributed by atoms with Crippen molar-refractivity contribution in [3.63, 3.8) is 0 Å². The highest BCUT2D eigenvalue weighted by atomic mass is 19.4. The van der Waals surface area contributed by atoms with Crippen molar-refractivity contribution < 1.29 is 32.0 Å². The maximum atomic E-state index is 13.0. The quantitative estimate of drug-likeness (QED) is 0.496. The van der Waals surface area contributed by atoms with Gasteiger partial charge in [-0.25, -0.2) is 9.87 Å². The van der Waals surface area contributed by atoms with Crippen molar-refractivity contribution in [1.82, 2.24) is 15.7 Å². The molecule has 0 aromatic heterocycles. The minimum absolute atomic E-state index is 0.139. The van der Waals surface area contributed by atoms with Crippen LogP contribution in [0.15, 0.2) is 18.2 Å². The molecule has 1 aliphatic heterocycles. The van der Waals surface area contributed by atoms with E-state index in [-0.39, 0.29) is 29.5 Å². The molecule has 0 radical (unpaired) electrons. The fraction of sp³-hybridized carbons (Fsp3) is 0.619. The first-order valence-corrected chi connectivity index (χ1v) is 10.1. The van der Waals surface area contributed by atoms with Crippen molar-refractivity contribution in [2.75, 3.05) is 26.2 Å². The smallest absolute Gasteiger partial charge is 0.352 e. The zero-order valence-electron chi connectivity index (χ0n) is 17.9. The van der Waals surface area contributed by atoms with Crippen molar-refractivity contribution in [3.8, 4) is 0 Å². The molecule has 0 atom stereocenters. The van der Waals surface area contributed by atoms with E-state index < -0.39 is 29.9 Å². The summed E-state index contributed by atoms with van der Waals surface area (Å²) in [5.41, 5.74) is 0.487. The summed E-state index contributed by atoms with van der Waals surface area (Å²) in [6.45, 7) is 6.19. The van der Waals surface area contributed by atoms with Gasteiger partial charge in [-0.15, -0.1) is 0 Å². The summed E-state index contributed by atoms with van der Waals surface area (Å²) in [6.07, 6.45) is -3.20. The summed E-state index contributed by atoms with van der Waals surface area (Å²) >= 11 is 0. The van der Waals surface area contributed by atoms with Gasteiger partial charge in [-0.05, 0) is 76.4 Å². The molecular formula is C21H29F4N3O3. The number of carbonyl (C=O) groups is 2. The summed E-state index contributed by atoms with van der Waals surface area (Å²) in [5.74, 6) is -0.766. The number of hydrogen-bond donors (Lipinski definition) is 2. The average molecular weight is 447 g/mol. The Kier molecular flexibility index (Phi) is 8.41. The van der Waals surface area contributed by atoms with E-state index in [2.05, 4.69) is 10.8 Å². The first-order chi connectivity index (χ1) is 14.4. The number of amides is 2. The molecule has 10 heteroatoms. The van der Waals surface area contributed by atoms with Gasteiger partial charge in [0.05, 0.1) is 17.7 Å². The number of hydrogen-bond acceptors (Lipinski definition) is 4. The molecule has 2 rings (SSSR count). The van der Waals surface area contributed by atoms with Crippen LogP contribution in [0.4, 0.5) is 17.6 Å². The second-order valence-corrected chi connectivity index (χ2v) is 8.72. The maximum absolute atomic E-state index is 13.0. The van der Waals surface area contributed by atoms with Gasteiger partial charge in [0.15, 0.2) is 0 Å². The van der Waals surface area contributed by atoms with E-state index in [1.54, 1.807) is 0 Å². The first kappa shape index (κ1) is 25.1. The number of rotatable bonds is 7. The molecule has 31 heavy (non-hydrogen) atoms. The molecule has 2 N–H and O–H groups in total. The molecule has 1 aromatic rings. The number of halogens is 4. The maximum Gasteiger partial charge on any atom is 0.416 e. The Morgan fingerprint density at radius 1 is 1.13 bits per heavy atom. The second-order valence-electron chi connectivity index (χ2n) is 8.72. The Morgan fingerprint density at radius 3 is 2.32 bits per heavy atom. The average Bonchev–Trinajstić information content (AvgIpc) is 2.70. The topological polar surface area (TPSA) is 70.7 Å². The molecule has 174 valence electrons. The lowest BCUT2D eigenvalue weighted by Crippen LogP contribution is -2.44. The third-order valence-electron chi connectivity index (χ3n) is 4.83. The van der Waals surface area contributed by atoms with Crippen LogP contribution in [0.2, 0.25) is 0 Å². The van der Waals surface area contributed by atoms with Crippen LogP contribution >= 0.6 is 0 Å². The van der Waals surface area contributed by atoms with Gasteiger partial charge in [-0.1, -0.05) is 0 Å². The predicted molar refractivity (Wildman–Crippen MR) is 107 cm³/mol. The highest BCUT2D eigenvalue weighted by Crippen LogP contribution is 2.31. The number of alkyl halides is 4. The number of nitrogens with one attached hydrogen (secondary N) is 2. The Balaban J connectivity index is 1.81. The zero-order valence-corrected chi connectivity index (χ0v) is 17.9. The lowest BCUT2D eigenvalue weighted by molar-refractivity contribution is -0.147. The summed E-state index contributed by atoms with van der Waals surface area (Å²) in [5, 5.41) is 2.64. The number of benzene rings is 1. The minimum atomic E-state index is -4.66. The monoisotopic (exact) mass is 447 g/mol. The Hall–Kier alpha value is -2.20. The van der Waals surface area contributed by atoms with Gasteiger partial charge in [0.2, 0.25) is 0 Å². The van der Waals surface area contributed by atoms with E-state index >= 15 is 0 Å². The van der Waals surface area contributed by atoms with Crippen LogP contribution in [0, 0.1) is 5.92 Å². The first-order valence-electron chi connectivity index (χ1n) is 10.1. The summed E-state index contributed by atoms with van der Waals surface area (Å²) in [7, 11) is 0. The molecule has 1 aliphatic rings. The third-order valence-corrected chi connectivity index (χ3v) is 4.83. The zero-order chi connectivity index (χ0) is 23.2. The summed E-state index contributed by atoms with van der Waals surface area (Å²) in [4.78, 5) is 31.5. The van der Waals surface area contributed by atoms with Crippen LogP contribution in [-0.2, 0) is 22.5 Å². The normalized spacial score (nSPS) is 16.2. The van der Waals surface area contributed by atoms with Crippen molar-refractivity contribution in [2.45, 2.75) is 52.1 Å². The molecule has 1 saturated heterocycles. The van der Waals surface area contributed by atoms with Crippen molar-refractivity contribution in [1.29, 1.82) is 0 Å². The number of carbonyl (C=O) groups excluding carboxylic acids is 2. The van der Waals surface area contributed by atoms with E-state index in [1.807, 2.05) is 25.7 Å². The number of hydroxylamine groups is 1. The Labute approximate surface area is 179 Å². The van der Waals surface area contributed by atoms with Gasteiger partial charge in [0.25, 0.3) is 11.8 Å². The fourth-order valence-electron chi connectivity index (χ4n) is 3.20. The number of piperidine rings is 1. The molecule has 0 spiro atoms. The third kappa shape index (κ3) is 8.45. The van der Waals surface area contributed by atoms with Gasteiger partial charge in [-0.2, -0.15) is 13.2 Å². The van der Waals surface area contributed by atoms with Gasteiger partial charge >= 0.3 is 6.18 Å². The van der Waals surface area contributed by atoms with Crippen molar-refractivity contribution >= 4 is 11.8 Å². The molecule has 1 fully saturated rings. The molecule has 0 unspecified atom stereocenters. The van der Waals surface area contributed by atoms with Gasteiger partial charge < -0.3 is 5.32 Å². The molecule has 0 saturated carbocycles. The minimum Gasteiger partial charge on any atom is -0.352 e. The SMILES string of the molecule is CC(C)(C)ONC(=O)CN1CCC(CNC(=O)c2cc(CF)cc(C(F)(F)F)c2)CC1. The van der Waals surface area contributed by atoms with Crippen LogP contribution < -0.4 is 10.8 Å². The van der Waals surface area contributed by atoms with E-state index in [1.165, 1.54) is 0 Å². The van der Waals surface area contributed by atoms with Crippen LogP contribution in [-0.4, -0.2) is 48.5 Å². The van der Waals surface area contributed by atoms with Gasteiger partial charge in [-0.3, -0.25) is 19.3 Å². The largest absolute Gasteiger partial charge is 0.416 e. The molecule has 1 aromatic carbocycles. The molecule has 2 amide bonds. The lowest BCUT2D eigenvalue weighted by Gasteiger charge is -2.31. The van der Waals surface area contributed by atoms with E-state index in [9.17, 15) is 27.2 Å². The molecular weight excluding hydrogens is 418 g/mol. The molecule has 6 nitrogen and oxygen atoms in total. The number of likely N-dealkylation sites (tertiary alicyclic amines) is 1. The Morgan fingerprint density at radius 2 is 1.77 bits per heavy atom. The second kappa shape index (κ2) is 10.4. The Bertz CT molecular complexity index is 770. The fourth-order valence-corrected chi connectivity index (χ4v) is 3.20. The van der Waals surface area contributed by atoms with E-state index in [0.29, 0.717) is 25.7 Å². The molecule has 0 bridgehead atoms. The van der Waals surface area contributed by atoms with Crippen molar-refractivity contribution in [2.24, 2.45) is 5.92 Å². The predicted octanol–water partition coefficient (Wildman–Crippen LogP) is 3.46.